The lowest BCUT2D eigenvalue weighted by molar-refractivity contribution is 1.35. The second-order valence-electron chi connectivity index (χ2n) is 2.06. The molecule has 0 N–H and O–H groups in total. The second-order valence-corrected chi connectivity index (χ2v) is 4.99. The Kier molecular flexibility index (Phi) is 2.25. The highest BCUT2D eigenvalue weighted by molar-refractivity contribution is 8.14. The van der Waals surface area contributed by atoms with Crippen molar-refractivity contribution in [3.05, 3.63) is 17.0 Å². The van der Waals surface area contributed by atoms with Crippen molar-refractivity contribution in [3.63, 3.8) is 0 Å². The zero-order valence-electron chi connectivity index (χ0n) is 6.03. The van der Waals surface area contributed by atoms with Crippen LogP contribution in [0.2, 0.25) is 0 Å². The predicted molar refractivity (Wildman–Crippen MR) is 55.1 cm³/mol. The highest BCUT2D eigenvalue weighted by Gasteiger charge is 2.13. The smallest absolute Gasteiger partial charge is 0.100 e. The van der Waals surface area contributed by atoms with Crippen molar-refractivity contribution in [2.75, 3.05) is 12.1 Å². The summed E-state index contributed by atoms with van der Waals surface area (Å²) in [5.74, 6) is 0.893. The predicted octanol–water partition coefficient (Wildman–Crippen LogP) is 2.92. The van der Waals surface area contributed by atoms with Crippen molar-refractivity contribution >= 4 is 39.9 Å². The number of hydrogen-bond acceptors (Lipinski definition) is 4. The Balaban J connectivity index is 2.45. The molecule has 2 heterocycles. The molecule has 11 heavy (non-hydrogen) atoms. The average Bonchev–Trinajstić information content (AvgIpc) is 2.50. The molecule has 0 aromatic carbocycles. The van der Waals surface area contributed by atoms with Gasteiger partial charge in [-0.05, 0) is 17.7 Å². The molecule has 0 fully saturated rings. The Labute approximate surface area is 78.3 Å². The first-order valence-electron chi connectivity index (χ1n) is 3.21. The maximum atomic E-state index is 4.41. The number of hydrogen-bond donors (Lipinski definition) is 0. The van der Waals surface area contributed by atoms with Crippen molar-refractivity contribution in [1.82, 2.24) is 0 Å². The van der Waals surface area contributed by atoms with Crippen LogP contribution in [0.1, 0.15) is 5.56 Å². The summed E-state index contributed by atoms with van der Waals surface area (Å²) in [4.78, 5) is 4.41. The Morgan fingerprint density at radius 1 is 1.64 bits per heavy atom. The Morgan fingerprint density at radius 3 is 3.36 bits per heavy atom. The molecule has 58 valence electrons. The Hall–Kier alpha value is 0.0700. The summed E-state index contributed by atoms with van der Waals surface area (Å²) in [5.41, 5.74) is 1.33. The molecule has 2 rings (SSSR count). The topological polar surface area (TPSA) is 12.4 Å². The van der Waals surface area contributed by atoms with Gasteiger partial charge in [0.05, 0.1) is 10.1 Å². The van der Waals surface area contributed by atoms with E-state index in [1.165, 1.54) is 14.8 Å². The van der Waals surface area contributed by atoms with Gasteiger partial charge in [-0.25, -0.2) is 0 Å². The summed E-state index contributed by atoms with van der Waals surface area (Å²) < 4.78 is 1.42. The third-order valence-corrected chi connectivity index (χ3v) is 4.28. The zero-order chi connectivity index (χ0) is 7.68. The van der Waals surface area contributed by atoms with Crippen LogP contribution in [-0.4, -0.2) is 17.2 Å². The maximum Gasteiger partial charge on any atom is 0.100 e. The lowest BCUT2D eigenvalue weighted by atomic mass is 10.4. The van der Waals surface area contributed by atoms with E-state index in [2.05, 4.69) is 22.7 Å². The lowest BCUT2D eigenvalue weighted by Gasteiger charge is -2.08. The fourth-order valence-corrected chi connectivity index (χ4v) is 3.62. The minimum Gasteiger partial charge on any atom is -0.267 e. The molecule has 0 bridgehead atoms. The third-order valence-electron chi connectivity index (χ3n) is 1.46. The van der Waals surface area contributed by atoms with Crippen molar-refractivity contribution in [1.29, 1.82) is 0 Å². The van der Waals surface area contributed by atoms with Crippen LogP contribution in [0.25, 0.3) is 0 Å². The summed E-state index contributed by atoms with van der Waals surface area (Å²) in [6.45, 7) is 0. The Morgan fingerprint density at radius 2 is 2.55 bits per heavy atom. The number of thioether (sulfide) groups is 2. The van der Waals surface area contributed by atoms with E-state index >= 15 is 0 Å². The number of nitrogens with zero attached hydrogens (tertiary/aromatic N) is 1. The number of thiophene rings is 1. The molecule has 0 saturated carbocycles. The molecule has 0 unspecified atom stereocenters. The lowest BCUT2D eigenvalue weighted by Crippen LogP contribution is -1.99. The van der Waals surface area contributed by atoms with Crippen LogP contribution in [0, 0.1) is 0 Å². The van der Waals surface area contributed by atoms with E-state index in [1.807, 2.05) is 23.1 Å². The number of fused-ring (bicyclic) bond motifs is 1. The van der Waals surface area contributed by atoms with Gasteiger partial charge in [0.1, 0.15) is 5.04 Å². The molecule has 0 aliphatic carbocycles. The van der Waals surface area contributed by atoms with Gasteiger partial charge in [0.25, 0.3) is 0 Å². The van der Waals surface area contributed by atoms with Crippen LogP contribution in [-0.2, 0) is 0 Å². The molecule has 1 aliphatic rings. The van der Waals surface area contributed by atoms with Crippen LogP contribution < -0.4 is 0 Å². The SMILES string of the molecule is CSC1=NCSc2sccc21. The highest BCUT2D eigenvalue weighted by Crippen LogP contribution is 2.34. The summed E-state index contributed by atoms with van der Waals surface area (Å²) >= 11 is 5.38. The van der Waals surface area contributed by atoms with Gasteiger partial charge in [-0.15, -0.1) is 23.1 Å². The van der Waals surface area contributed by atoms with E-state index in [4.69, 9.17) is 0 Å². The highest BCUT2D eigenvalue weighted by atomic mass is 32.2. The van der Waals surface area contributed by atoms with Crippen LogP contribution in [0.3, 0.4) is 0 Å². The monoisotopic (exact) mass is 201 g/mol. The fraction of sp³-hybridized carbons (Fsp3) is 0.286. The van der Waals surface area contributed by atoms with E-state index in [0.29, 0.717) is 0 Å². The molecule has 0 radical (unpaired) electrons. The van der Waals surface area contributed by atoms with Crippen LogP contribution in [0.15, 0.2) is 20.6 Å². The van der Waals surface area contributed by atoms with E-state index < -0.39 is 0 Å². The molecular weight excluding hydrogens is 194 g/mol. The van der Waals surface area contributed by atoms with Gasteiger partial charge in [0.2, 0.25) is 0 Å². The van der Waals surface area contributed by atoms with Crippen molar-refractivity contribution in [3.8, 4) is 0 Å². The first-order valence-corrected chi connectivity index (χ1v) is 6.30. The van der Waals surface area contributed by atoms with Crippen molar-refractivity contribution in [2.24, 2.45) is 4.99 Å². The molecule has 1 aromatic rings. The first kappa shape index (κ1) is 7.71. The van der Waals surface area contributed by atoms with E-state index in [0.717, 1.165) is 5.88 Å². The molecule has 0 saturated heterocycles. The van der Waals surface area contributed by atoms with E-state index in [-0.39, 0.29) is 0 Å². The summed E-state index contributed by atoms with van der Waals surface area (Å²) in [6, 6.07) is 2.15. The third kappa shape index (κ3) is 1.35. The quantitative estimate of drug-likeness (QED) is 0.640. The van der Waals surface area contributed by atoms with Crippen molar-refractivity contribution in [2.45, 2.75) is 4.21 Å². The van der Waals surface area contributed by atoms with Gasteiger partial charge in [-0.1, -0.05) is 11.8 Å². The molecule has 1 nitrogen and oxygen atoms in total. The second kappa shape index (κ2) is 3.21. The molecule has 1 aliphatic heterocycles. The molecular formula is C7H7NS3. The summed E-state index contributed by atoms with van der Waals surface area (Å²) in [5, 5.41) is 3.33. The average molecular weight is 201 g/mol. The van der Waals surface area contributed by atoms with Gasteiger partial charge in [-0.3, -0.25) is 4.99 Å². The molecule has 1 aromatic heterocycles. The van der Waals surface area contributed by atoms with Crippen molar-refractivity contribution < 1.29 is 0 Å². The van der Waals surface area contributed by atoms with Crippen LogP contribution in [0.5, 0.6) is 0 Å². The molecule has 0 spiro atoms. The first-order chi connectivity index (χ1) is 5.42. The fourth-order valence-electron chi connectivity index (χ4n) is 0.975. The van der Waals surface area contributed by atoms with Gasteiger partial charge < -0.3 is 0 Å². The van der Waals surface area contributed by atoms with Gasteiger partial charge in [-0.2, -0.15) is 0 Å². The van der Waals surface area contributed by atoms with Crippen LogP contribution >= 0.6 is 34.9 Å². The van der Waals surface area contributed by atoms with E-state index in [1.54, 1.807) is 11.8 Å². The van der Waals surface area contributed by atoms with Gasteiger partial charge in [0.15, 0.2) is 0 Å². The standard InChI is InChI=1S/C7H7NS3/c1-9-6-5-2-3-10-7(5)11-4-8-6/h2-3H,4H2,1H3. The number of aliphatic imine (C=N–C) groups is 1. The van der Waals surface area contributed by atoms with Gasteiger partial charge in [0, 0.05) is 5.56 Å². The minimum atomic E-state index is 0.893. The largest absolute Gasteiger partial charge is 0.267 e. The number of rotatable bonds is 0. The zero-order valence-corrected chi connectivity index (χ0v) is 8.48. The normalized spacial score (nSPS) is 15.9. The minimum absolute atomic E-state index is 0.893. The Bertz CT molecular complexity index is 290. The maximum absolute atomic E-state index is 4.41. The van der Waals surface area contributed by atoms with E-state index in [9.17, 15) is 0 Å². The van der Waals surface area contributed by atoms with Crippen LogP contribution in [0.4, 0.5) is 0 Å². The molecule has 4 heteroatoms. The summed E-state index contributed by atoms with van der Waals surface area (Å²) in [7, 11) is 0. The molecule has 0 atom stereocenters. The molecule has 0 amide bonds. The summed E-state index contributed by atoms with van der Waals surface area (Å²) in [6.07, 6.45) is 2.08. The van der Waals surface area contributed by atoms with Gasteiger partial charge >= 0.3 is 0 Å².